The summed E-state index contributed by atoms with van der Waals surface area (Å²) in [5.41, 5.74) is 2.00. The Hall–Kier alpha value is -0.930. The fourth-order valence-electron chi connectivity index (χ4n) is 2.01. The number of halogens is 1. The predicted octanol–water partition coefficient (Wildman–Crippen LogP) is 2.68. The molecule has 1 aliphatic rings. The third kappa shape index (κ3) is 3.05. The van der Waals surface area contributed by atoms with E-state index >= 15 is 0 Å². The molecule has 17 heavy (non-hydrogen) atoms. The second kappa shape index (κ2) is 5.61. The van der Waals surface area contributed by atoms with Gasteiger partial charge in [0.2, 0.25) is 0 Å². The quantitative estimate of drug-likeness (QED) is 0.867. The summed E-state index contributed by atoms with van der Waals surface area (Å²) in [5.74, 6) is 1.50. The first-order valence-electron chi connectivity index (χ1n) is 6.02. The Bertz CT molecular complexity index is 389. The molecule has 0 aliphatic carbocycles. The van der Waals surface area contributed by atoms with E-state index in [4.69, 9.17) is 16.3 Å². The molecule has 4 heteroatoms. The van der Waals surface area contributed by atoms with Crippen molar-refractivity contribution in [2.75, 3.05) is 32.1 Å². The molecule has 0 bridgehead atoms. The Morgan fingerprint density at radius 1 is 1.53 bits per heavy atom. The Labute approximate surface area is 107 Å². The molecule has 3 nitrogen and oxygen atoms in total. The summed E-state index contributed by atoms with van der Waals surface area (Å²) >= 11 is 6.16. The maximum atomic E-state index is 6.16. The van der Waals surface area contributed by atoms with Gasteiger partial charge >= 0.3 is 0 Å². The third-order valence-corrected chi connectivity index (χ3v) is 3.61. The van der Waals surface area contributed by atoms with E-state index < -0.39 is 0 Å². The minimum absolute atomic E-state index is 0.617. The molecule has 1 aromatic carbocycles. The lowest BCUT2D eigenvalue weighted by Gasteiger charge is -2.15. The number of benzene rings is 1. The van der Waals surface area contributed by atoms with Crippen LogP contribution in [0.3, 0.4) is 0 Å². The maximum absolute atomic E-state index is 6.16. The molecule has 1 atom stereocenters. The summed E-state index contributed by atoms with van der Waals surface area (Å²) in [5, 5.41) is 7.17. The van der Waals surface area contributed by atoms with E-state index in [9.17, 15) is 0 Å². The molecule has 1 heterocycles. The van der Waals surface area contributed by atoms with Crippen molar-refractivity contribution in [3.8, 4) is 5.75 Å². The van der Waals surface area contributed by atoms with Gasteiger partial charge in [-0.15, -0.1) is 0 Å². The van der Waals surface area contributed by atoms with Crippen LogP contribution in [0.4, 0.5) is 5.69 Å². The molecule has 2 rings (SSSR count). The molecule has 1 fully saturated rings. The number of nitrogens with one attached hydrogen (secondary N) is 2. The van der Waals surface area contributed by atoms with Crippen molar-refractivity contribution in [3.63, 3.8) is 0 Å². The molecular formula is C13H19ClN2O. The third-order valence-electron chi connectivity index (χ3n) is 3.22. The van der Waals surface area contributed by atoms with Crippen molar-refractivity contribution in [1.29, 1.82) is 0 Å². The van der Waals surface area contributed by atoms with Crippen LogP contribution in [0.15, 0.2) is 12.1 Å². The van der Waals surface area contributed by atoms with Crippen LogP contribution in [-0.2, 0) is 0 Å². The van der Waals surface area contributed by atoms with Gasteiger partial charge in [0.15, 0.2) is 0 Å². The molecule has 0 spiro atoms. The van der Waals surface area contributed by atoms with Crippen LogP contribution in [0.5, 0.6) is 5.75 Å². The van der Waals surface area contributed by atoms with E-state index in [0.717, 1.165) is 41.7 Å². The predicted molar refractivity (Wildman–Crippen MR) is 72.2 cm³/mol. The van der Waals surface area contributed by atoms with Gasteiger partial charge in [-0.05, 0) is 26.0 Å². The average molecular weight is 255 g/mol. The molecular weight excluding hydrogens is 236 g/mol. The molecule has 94 valence electrons. The second-order valence-electron chi connectivity index (χ2n) is 4.50. The number of anilines is 1. The van der Waals surface area contributed by atoms with E-state index in [1.54, 1.807) is 0 Å². The molecule has 0 saturated carbocycles. The maximum Gasteiger partial charge on any atom is 0.125 e. The van der Waals surface area contributed by atoms with E-state index in [0.29, 0.717) is 5.92 Å². The molecule has 1 saturated heterocycles. The van der Waals surface area contributed by atoms with Gasteiger partial charge in [0.1, 0.15) is 5.75 Å². The van der Waals surface area contributed by atoms with Crippen molar-refractivity contribution in [1.82, 2.24) is 5.32 Å². The van der Waals surface area contributed by atoms with Crippen LogP contribution in [0.2, 0.25) is 5.02 Å². The van der Waals surface area contributed by atoms with Gasteiger partial charge < -0.3 is 15.4 Å². The summed E-state index contributed by atoms with van der Waals surface area (Å²) < 4.78 is 5.88. The summed E-state index contributed by atoms with van der Waals surface area (Å²) in [6.45, 7) is 4.91. The van der Waals surface area contributed by atoms with Crippen LogP contribution in [0.1, 0.15) is 12.0 Å². The molecule has 1 aromatic rings. The zero-order valence-corrected chi connectivity index (χ0v) is 11.1. The summed E-state index contributed by atoms with van der Waals surface area (Å²) in [7, 11) is 1.88. The Morgan fingerprint density at radius 2 is 2.35 bits per heavy atom. The summed E-state index contributed by atoms with van der Waals surface area (Å²) in [4.78, 5) is 0. The molecule has 0 radical (unpaired) electrons. The fraction of sp³-hybridized carbons (Fsp3) is 0.538. The highest BCUT2D eigenvalue weighted by atomic mass is 35.5. The minimum Gasteiger partial charge on any atom is -0.493 e. The number of hydrogen-bond donors (Lipinski definition) is 2. The summed E-state index contributed by atoms with van der Waals surface area (Å²) in [6.07, 6.45) is 1.19. The average Bonchev–Trinajstić information content (AvgIpc) is 2.84. The Balaban J connectivity index is 2.05. The van der Waals surface area contributed by atoms with Gasteiger partial charge in [0.25, 0.3) is 0 Å². The number of ether oxygens (including phenoxy) is 1. The molecule has 2 N–H and O–H groups in total. The van der Waals surface area contributed by atoms with Crippen molar-refractivity contribution in [2.45, 2.75) is 13.3 Å². The van der Waals surface area contributed by atoms with Gasteiger partial charge in [-0.2, -0.15) is 0 Å². The fourth-order valence-corrected chi connectivity index (χ4v) is 2.22. The van der Waals surface area contributed by atoms with E-state index in [-0.39, 0.29) is 0 Å². The molecule has 0 aromatic heterocycles. The van der Waals surface area contributed by atoms with Gasteiger partial charge in [-0.25, -0.2) is 0 Å². The molecule has 1 aliphatic heterocycles. The first-order chi connectivity index (χ1) is 8.20. The van der Waals surface area contributed by atoms with Crippen molar-refractivity contribution in [2.24, 2.45) is 5.92 Å². The monoisotopic (exact) mass is 254 g/mol. The van der Waals surface area contributed by atoms with Gasteiger partial charge in [0, 0.05) is 41.9 Å². The largest absolute Gasteiger partial charge is 0.493 e. The molecule has 1 unspecified atom stereocenters. The highest BCUT2D eigenvalue weighted by Gasteiger charge is 2.16. The van der Waals surface area contributed by atoms with Crippen LogP contribution in [-0.4, -0.2) is 26.7 Å². The first-order valence-corrected chi connectivity index (χ1v) is 6.40. The summed E-state index contributed by atoms with van der Waals surface area (Å²) in [6, 6.07) is 3.92. The van der Waals surface area contributed by atoms with Gasteiger partial charge in [0.05, 0.1) is 6.61 Å². The molecule has 0 amide bonds. The first kappa shape index (κ1) is 12.5. The van der Waals surface area contributed by atoms with E-state index in [2.05, 4.69) is 10.6 Å². The number of rotatable bonds is 4. The van der Waals surface area contributed by atoms with Crippen molar-refractivity contribution < 1.29 is 4.74 Å². The second-order valence-corrected chi connectivity index (χ2v) is 4.91. The highest BCUT2D eigenvalue weighted by molar-refractivity contribution is 6.31. The Kier molecular flexibility index (Phi) is 4.13. The normalized spacial score (nSPS) is 19.4. The van der Waals surface area contributed by atoms with Crippen molar-refractivity contribution in [3.05, 3.63) is 22.7 Å². The zero-order valence-electron chi connectivity index (χ0n) is 10.3. The van der Waals surface area contributed by atoms with Gasteiger partial charge in [-0.3, -0.25) is 0 Å². The smallest absolute Gasteiger partial charge is 0.125 e. The van der Waals surface area contributed by atoms with Crippen LogP contribution in [0, 0.1) is 12.8 Å². The van der Waals surface area contributed by atoms with Crippen LogP contribution >= 0.6 is 11.6 Å². The lowest BCUT2D eigenvalue weighted by molar-refractivity contribution is 0.258. The topological polar surface area (TPSA) is 33.3 Å². The van der Waals surface area contributed by atoms with E-state index in [1.165, 1.54) is 6.42 Å². The van der Waals surface area contributed by atoms with Gasteiger partial charge in [-0.1, -0.05) is 11.6 Å². The van der Waals surface area contributed by atoms with Crippen LogP contribution < -0.4 is 15.4 Å². The Morgan fingerprint density at radius 3 is 3.00 bits per heavy atom. The SMILES string of the molecule is CNc1cc(Cl)c(C)c(OCC2CCNC2)c1. The van der Waals surface area contributed by atoms with E-state index in [1.807, 2.05) is 26.1 Å². The van der Waals surface area contributed by atoms with Crippen molar-refractivity contribution >= 4 is 17.3 Å². The lowest BCUT2D eigenvalue weighted by atomic mass is 10.1. The zero-order chi connectivity index (χ0) is 12.3. The standard InChI is InChI=1S/C13H19ClN2O/c1-9-12(14)5-11(15-2)6-13(9)17-8-10-3-4-16-7-10/h5-6,10,15-16H,3-4,7-8H2,1-2H3. The minimum atomic E-state index is 0.617. The highest BCUT2D eigenvalue weighted by Crippen LogP contribution is 2.30. The van der Waals surface area contributed by atoms with Crippen LogP contribution in [0.25, 0.3) is 0 Å². The lowest BCUT2D eigenvalue weighted by Crippen LogP contribution is -2.15. The number of hydrogen-bond acceptors (Lipinski definition) is 3.